The lowest BCUT2D eigenvalue weighted by atomic mass is 10.0. The Balaban J connectivity index is 2.02. The lowest BCUT2D eigenvalue weighted by molar-refractivity contribution is -0.136. The van der Waals surface area contributed by atoms with E-state index in [1.54, 1.807) is 24.3 Å². The van der Waals surface area contributed by atoms with Crippen LogP contribution in [-0.2, 0) is 14.3 Å². The summed E-state index contributed by atoms with van der Waals surface area (Å²) in [6.07, 6.45) is 7.98. The number of hydrogen-bond donors (Lipinski definition) is 0. The molecule has 0 atom stereocenters. The van der Waals surface area contributed by atoms with Gasteiger partial charge in [-0.1, -0.05) is 18.9 Å². The summed E-state index contributed by atoms with van der Waals surface area (Å²) in [5, 5.41) is 0. The Hall–Kier alpha value is -2.30. The van der Waals surface area contributed by atoms with E-state index in [0.29, 0.717) is 23.8 Å². The van der Waals surface area contributed by atoms with E-state index in [9.17, 15) is 9.59 Å². The normalized spacial score (nSPS) is 14.9. The van der Waals surface area contributed by atoms with E-state index in [4.69, 9.17) is 9.47 Å². The average molecular weight is 318 g/mol. The highest BCUT2D eigenvalue weighted by Crippen LogP contribution is 2.31. The Morgan fingerprint density at radius 3 is 2.57 bits per heavy atom. The zero-order valence-electron chi connectivity index (χ0n) is 13.5. The van der Waals surface area contributed by atoms with Crippen LogP contribution in [0.15, 0.2) is 24.3 Å². The lowest BCUT2D eigenvalue weighted by Crippen LogP contribution is -2.12. The SMILES string of the molecule is COC(=O)/C=C/c1ccc(OC(=O)CC2CCCC2)c(OC)c1. The highest BCUT2D eigenvalue weighted by Gasteiger charge is 2.20. The summed E-state index contributed by atoms with van der Waals surface area (Å²) in [6, 6.07) is 5.13. The second-order valence-corrected chi connectivity index (χ2v) is 5.60. The first-order valence-electron chi connectivity index (χ1n) is 7.77. The number of carbonyl (C=O) groups excluding carboxylic acids is 2. The fourth-order valence-corrected chi connectivity index (χ4v) is 2.72. The van der Waals surface area contributed by atoms with Crippen molar-refractivity contribution in [2.45, 2.75) is 32.1 Å². The summed E-state index contributed by atoms with van der Waals surface area (Å²) in [7, 11) is 2.83. The monoisotopic (exact) mass is 318 g/mol. The van der Waals surface area contributed by atoms with Gasteiger partial charge >= 0.3 is 11.9 Å². The quantitative estimate of drug-likeness (QED) is 0.457. The molecule has 23 heavy (non-hydrogen) atoms. The van der Waals surface area contributed by atoms with Crippen LogP contribution >= 0.6 is 0 Å². The molecule has 1 aromatic rings. The molecule has 0 amide bonds. The molecule has 124 valence electrons. The van der Waals surface area contributed by atoms with Crippen LogP contribution in [0.2, 0.25) is 0 Å². The molecule has 0 heterocycles. The van der Waals surface area contributed by atoms with E-state index in [1.165, 1.54) is 33.1 Å². The highest BCUT2D eigenvalue weighted by atomic mass is 16.6. The number of esters is 2. The Labute approximate surface area is 136 Å². The maximum Gasteiger partial charge on any atom is 0.330 e. The van der Waals surface area contributed by atoms with Gasteiger partial charge in [-0.15, -0.1) is 0 Å². The highest BCUT2D eigenvalue weighted by molar-refractivity contribution is 5.87. The Bertz CT molecular complexity index is 585. The minimum atomic E-state index is -0.434. The minimum Gasteiger partial charge on any atom is -0.493 e. The van der Waals surface area contributed by atoms with Crippen molar-refractivity contribution in [3.05, 3.63) is 29.8 Å². The maximum atomic E-state index is 12.0. The van der Waals surface area contributed by atoms with Crippen LogP contribution in [-0.4, -0.2) is 26.2 Å². The first kappa shape index (κ1) is 17.1. The first-order chi connectivity index (χ1) is 11.1. The van der Waals surface area contributed by atoms with Crippen LogP contribution in [0.25, 0.3) is 6.08 Å². The van der Waals surface area contributed by atoms with Gasteiger partial charge in [0.1, 0.15) is 0 Å². The number of carbonyl (C=O) groups is 2. The summed E-state index contributed by atoms with van der Waals surface area (Å²) in [4.78, 5) is 23.1. The van der Waals surface area contributed by atoms with E-state index < -0.39 is 5.97 Å². The zero-order chi connectivity index (χ0) is 16.7. The van der Waals surface area contributed by atoms with Crippen LogP contribution in [0.3, 0.4) is 0 Å². The topological polar surface area (TPSA) is 61.8 Å². The second-order valence-electron chi connectivity index (χ2n) is 5.60. The fourth-order valence-electron chi connectivity index (χ4n) is 2.72. The van der Waals surface area contributed by atoms with Crippen molar-refractivity contribution in [3.8, 4) is 11.5 Å². The van der Waals surface area contributed by atoms with E-state index in [1.807, 2.05) is 0 Å². The lowest BCUT2D eigenvalue weighted by Gasteiger charge is -2.12. The van der Waals surface area contributed by atoms with Crippen LogP contribution in [0.4, 0.5) is 0 Å². The van der Waals surface area contributed by atoms with Crippen LogP contribution < -0.4 is 9.47 Å². The Kier molecular flexibility index (Phi) is 6.20. The third-order valence-electron chi connectivity index (χ3n) is 3.95. The fraction of sp³-hybridized carbons (Fsp3) is 0.444. The van der Waals surface area contributed by atoms with Crippen LogP contribution in [0.5, 0.6) is 11.5 Å². The third kappa shape index (κ3) is 5.13. The number of rotatable bonds is 6. The van der Waals surface area contributed by atoms with Crippen molar-refractivity contribution < 1.29 is 23.8 Å². The molecule has 1 aliphatic carbocycles. The standard InChI is InChI=1S/C18H22O5/c1-21-16-11-14(8-10-17(19)22-2)7-9-15(16)23-18(20)12-13-5-3-4-6-13/h7-11,13H,3-6,12H2,1-2H3/b10-8+. The molecule has 1 aliphatic rings. The molecule has 0 spiro atoms. The van der Waals surface area contributed by atoms with Gasteiger partial charge in [-0.05, 0) is 42.5 Å². The molecule has 0 saturated heterocycles. The molecule has 1 saturated carbocycles. The molecule has 1 aromatic carbocycles. The molecule has 0 aliphatic heterocycles. The van der Waals surface area contributed by atoms with Crippen molar-refractivity contribution in [3.63, 3.8) is 0 Å². The predicted molar refractivity (Wildman–Crippen MR) is 86.3 cm³/mol. The molecule has 0 N–H and O–H groups in total. The van der Waals surface area contributed by atoms with Gasteiger partial charge in [0.25, 0.3) is 0 Å². The van der Waals surface area contributed by atoms with Crippen molar-refractivity contribution in [2.75, 3.05) is 14.2 Å². The summed E-state index contributed by atoms with van der Waals surface area (Å²) >= 11 is 0. The van der Waals surface area contributed by atoms with Gasteiger partial charge in [-0.25, -0.2) is 4.79 Å². The zero-order valence-corrected chi connectivity index (χ0v) is 13.5. The second kappa shape index (κ2) is 8.36. The third-order valence-corrected chi connectivity index (χ3v) is 3.95. The first-order valence-corrected chi connectivity index (χ1v) is 7.77. The van der Waals surface area contributed by atoms with Gasteiger partial charge in [0.15, 0.2) is 11.5 Å². The maximum absolute atomic E-state index is 12.0. The van der Waals surface area contributed by atoms with Crippen LogP contribution in [0.1, 0.15) is 37.7 Å². The molecule has 1 fully saturated rings. The Morgan fingerprint density at radius 2 is 1.91 bits per heavy atom. The number of ether oxygens (including phenoxy) is 3. The molecule has 0 bridgehead atoms. The molecule has 0 radical (unpaired) electrons. The molecule has 5 heteroatoms. The van der Waals surface area contributed by atoms with Gasteiger partial charge in [-0.3, -0.25) is 4.79 Å². The average Bonchev–Trinajstić information content (AvgIpc) is 3.06. The molecule has 2 rings (SSSR count). The largest absolute Gasteiger partial charge is 0.493 e. The van der Waals surface area contributed by atoms with Crippen molar-refractivity contribution in [2.24, 2.45) is 5.92 Å². The summed E-state index contributed by atoms with van der Waals surface area (Å²) < 4.78 is 15.2. The molecular weight excluding hydrogens is 296 g/mol. The number of hydrogen-bond acceptors (Lipinski definition) is 5. The molecular formula is C18H22O5. The Morgan fingerprint density at radius 1 is 1.17 bits per heavy atom. The number of benzene rings is 1. The molecule has 0 aromatic heterocycles. The van der Waals surface area contributed by atoms with Gasteiger partial charge in [-0.2, -0.15) is 0 Å². The summed E-state index contributed by atoms with van der Waals surface area (Å²) in [6.45, 7) is 0. The minimum absolute atomic E-state index is 0.229. The molecule has 5 nitrogen and oxygen atoms in total. The predicted octanol–water partition coefficient (Wildman–Crippen LogP) is 3.37. The van der Waals surface area contributed by atoms with Crippen molar-refractivity contribution in [1.29, 1.82) is 0 Å². The number of methoxy groups -OCH3 is 2. The summed E-state index contributed by atoms with van der Waals surface area (Å²) in [5.41, 5.74) is 0.753. The van der Waals surface area contributed by atoms with Gasteiger partial charge in [0.05, 0.1) is 14.2 Å². The smallest absolute Gasteiger partial charge is 0.330 e. The summed E-state index contributed by atoms with van der Waals surface area (Å²) in [5.74, 6) is 0.627. The van der Waals surface area contributed by atoms with E-state index in [0.717, 1.165) is 18.4 Å². The van der Waals surface area contributed by atoms with Crippen molar-refractivity contribution >= 4 is 18.0 Å². The van der Waals surface area contributed by atoms with E-state index in [2.05, 4.69) is 4.74 Å². The van der Waals surface area contributed by atoms with Gasteiger partial charge < -0.3 is 14.2 Å². The van der Waals surface area contributed by atoms with Gasteiger partial charge in [0.2, 0.25) is 0 Å². The van der Waals surface area contributed by atoms with Crippen molar-refractivity contribution in [1.82, 2.24) is 0 Å². The van der Waals surface area contributed by atoms with E-state index >= 15 is 0 Å². The van der Waals surface area contributed by atoms with Gasteiger partial charge in [0, 0.05) is 12.5 Å². The van der Waals surface area contributed by atoms with Crippen LogP contribution in [0, 0.1) is 5.92 Å². The molecule has 0 unspecified atom stereocenters. The van der Waals surface area contributed by atoms with E-state index in [-0.39, 0.29) is 5.97 Å².